The molecule has 0 radical (unpaired) electrons. The van der Waals surface area contributed by atoms with Crippen molar-refractivity contribution in [3.63, 3.8) is 0 Å². The number of aromatic nitrogens is 1. The molecule has 1 aromatic carbocycles. The highest BCUT2D eigenvalue weighted by molar-refractivity contribution is 9.10. The standard InChI is InChI=1S/C10H8BrFN2O/c1-5-2-3-6(9(11)10(5)12)7-4-8(13)14-15-7/h2-4H,1H3,(H2,13,14). The molecule has 2 N–H and O–H groups in total. The number of nitrogen functional groups attached to an aromatic ring is 1. The lowest BCUT2D eigenvalue weighted by Crippen LogP contribution is -1.87. The van der Waals surface area contributed by atoms with E-state index in [4.69, 9.17) is 10.3 Å². The molecule has 2 aromatic rings. The minimum atomic E-state index is -0.303. The second kappa shape index (κ2) is 3.66. The van der Waals surface area contributed by atoms with Crippen molar-refractivity contribution in [3.05, 3.63) is 34.1 Å². The summed E-state index contributed by atoms with van der Waals surface area (Å²) < 4.78 is 18.9. The van der Waals surface area contributed by atoms with Gasteiger partial charge in [0, 0.05) is 11.6 Å². The lowest BCUT2D eigenvalue weighted by Gasteiger charge is -2.03. The summed E-state index contributed by atoms with van der Waals surface area (Å²) in [5.74, 6) is 0.415. The van der Waals surface area contributed by atoms with Crippen molar-refractivity contribution in [2.75, 3.05) is 5.73 Å². The van der Waals surface area contributed by atoms with Gasteiger partial charge in [0.2, 0.25) is 0 Å². The van der Waals surface area contributed by atoms with E-state index in [-0.39, 0.29) is 11.6 Å². The van der Waals surface area contributed by atoms with Crippen LogP contribution in [0.4, 0.5) is 10.2 Å². The summed E-state index contributed by atoms with van der Waals surface area (Å²) in [6.07, 6.45) is 0. The fourth-order valence-electron chi connectivity index (χ4n) is 1.25. The molecule has 0 fully saturated rings. The average Bonchev–Trinajstić information content (AvgIpc) is 2.61. The van der Waals surface area contributed by atoms with Gasteiger partial charge in [-0.05, 0) is 34.5 Å². The van der Waals surface area contributed by atoms with Gasteiger partial charge in [-0.25, -0.2) is 4.39 Å². The maximum Gasteiger partial charge on any atom is 0.170 e. The van der Waals surface area contributed by atoms with E-state index in [1.165, 1.54) is 0 Å². The third kappa shape index (κ3) is 1.74. The smallest absolute Gasteiger partial charge is 0.170 e. The first kappa shape index (κ1) is 10.2. The molecule has 0 aliphatic rings. The van der Waals surface area contributed by atoms with E-state index in [2.05, 4.69) is 21.1 Å². The first-order chi connectivity index (χ1) is 7.09. The Labute approximate surface area is 94.2 Å². The lowest BCUT2D eigenvalue weighted by atomic mass is 10.1. The molecular weight excluding hydrogens is 263 g/mol. The molecular formula is C10H8BrFN2O. The number of nitrogens with two attached hydrogens (primary N) is 1. The largest absolute Gasteiger partial charge is 0.381 e. The van der Waals surface area contributed by atoms with Crippen LogP contribution >= 0.6 is 15.9 Å². The second-order valence-corrected chi connectivity index (χ2v) is 3.97. The van der Waals surface area contributed by atoms with Gasteiger partial charge in [-0.3, -0.25) is 0 Å². The molecule has 78 valence electrons. The quantitative estimate of drug-likeness (QED) is 0.866. The van der Waals surface area contributed by atoms with Crippen LogP contribution in [0.2, 0.25) is 0 Å². The molecule has 2 rings (SSSR count). The van der Waals surface area contributed by atoms with E-state index in [0.29, 0.717) is 21.4 Å². The summed E-state index contributed by atoms with van der Waals surface area (Å²) in [5.41, 5.74) is 6.59. The van der Waals surface area contributed by atoms with Crippen molar-refractivity contribution in [1.82, 2.24) is 5.16 Å². The van der Waals surface area contributed by atoms with Crippen LogP contribution in [0.15, 0.2) is 27.2 Å². The van der Waals surface area contributed by atoms with Crippen LogP contribution in [0.3, 0.4) is 0 Å². The van der Waals surface area contributed by atoms with Crippen molar-refractivity contribution in [2.24, 2.45) is 0 Å². The first-order valence-corrected chi connectivity index (χ1v) is 5.06. The maximum atomic E-state index is 13.5. The molecule has 1 heterocycles. The van der Waals surface area contributed by atoms with Gasteiger partial charge in [0.15, 0.2) is 11.6 Å². The van der Waals surface area contributed by atoms with Crippen LogP contribution in [0.1, 0.15) is 5.56 Å². The highest BCUT2D eigenvalue weighted by Crippen LogP contribution is 2.32. The van der Waals surface area contributed by atoms with Crippen molar-refractivity contribution in [1.29, 1.82) is 0 Å². The van der Waals surface area contributed by atoms with E-state index in [9.17, 15) is 4.39 Å². The molecule has 0 bridgehead atoms. The van der Waals surface area contributed by atoms with Gasteiger partial charge in [-0.2, -0.15) is 0 Å². The normalized spacial score (nSPS) is 10.6. The Kier molecular flexibility index (Phi) is 2.48. The van der Waals surface area contributed by atoms with Gasteiger partial charge in [0.05, 0.1) is 4.47 Å². The molecule has 0 aliphatic carbocycles. The summed E-state index contributed by atoms with van der Waals surface area (Å²) in [5, 5.41) is 3.55. The van der Waals surface area contributed by atoms with Gasteiger partial charge < -0.3 is 10.3 Å². The molecule has 0 unspecified atom stereocenters. The van der Waals surface area contributed by atoms with Gasteiger partial charge in [0.1, 0.15) is 5.82 Å². The molecule has 0 spiro atoms. The van der Waals surface area contributed by atoms with E-state index < -0.39 is 0 Å². The second-order valence-electron chi connectivity index (χ2n) is 3.17. The van der Waals surface area contributed by atoms with E-state index in [1.54, 1.807) is 25.1 Å². The Morgan fingerprint density at radius 1 is 1.47 bits per heavy atom. The van der Waals surface area contributed by atoms with Gasteiger partial charge in [0.25, 0.3) is 0 Å². The fraction of sp³-hybridized carbons (Fsp3) is 0.100. The highest BCUT2D eigenvalue weighted by Gasteiger charge is 2.13. The highest BCUT2D eigenvalue weighted by atomic mass is 79.9. The van der Waals surface area contributed by atoms with Gasteiger partial charge in [-0.1, -0.05) is 11.2 Å². The summed E-state index contributed by atoms with van der Waals surface area (Å²) in [4.78, 5) is 0. The molecule has 0 atom stereocenters. The molecule has 1 aromatic heterocycles. The van der Waals surface area contributed by atoms with Gasteiger partial charge in [-0.15, -0.1) is 0 Å². The Morgan fingerprint density at radius 3 is 2.80 bits per heavy atom. The van der Waals surface area contributed by atoms with Crippen LogP contribution in [-0.4, -0.2) is 5.16 Å². The Morgan fingerprint density at radius 2 is 2.20 bits per heavy atom. The molecule has 15 heavy (non-hydrogen) atoms. The van der Waals surface area contributed by atoms with Gasteiger partial charge >= 0.3 is 0 Å². The number of anilines is 1. The van der Waals surface area contributed by atoms with Crippen LogP contribution in [0, 0.1) is 12.7 Å². The number of hydrogen-bond donors (Lipinski definition) is 1. The Hall–Kier alpha value is -1.36. The minimum absolute atomic E-state index is 0.276. The number of hydrogen-bond acceptors (Lipinski definition) is 3. The molecule has 5 heteroatoms. The summed E-state index contributed by atoms with van der Waals surface area (Å²) >= 11 is 3.17. The molecule has 0 saturated heterocycles. The summed E-state index contributed by atoms with van der Waals surface area (Å²) in [6, 6.07) is 4.98. The molecule has 0 saturated carbocycles. The zero-order valence-corrected chi connectivity index (χ0v) is 9.51. The number of benzene rings is 1. The maximum absolute atomic E-state index is 13.5. The topological polar surface area (TPSA) is 52.0 Å². The zero-order valence-electron chi connectivity index (χ0n) is 7.92. The third-order valence-corrected chi connectivity index (χ3v) is 2.84. The van der Waals surface area contributed by atoms with Crippen molar-refractivity contribution in [3.8, 4) is 11.3 Å². The molecule has 0 aliphatic heterocycles. The third-order valence-electron chi connectivity index (χ3n) is 2.07. The number of halogens is 2. The number of nitrogens with zero attached hydrogens (tertiary/aromatic N) is 1. The predicted molar refractivity (Wildman–Crippen MR) is 58.7 cm³/mol. The number of rotatable bonds is 1. The van der Waals surface area contributed by atoms with E-state index in [0.717, 1.165) is 0 Å². The van der Waals surface area contributed by atoms with Crippen molar-refractivity contribution >= 4 is 21.7 Å². The zero-order chi connectivity index (χ0) is 11.0. The van der Waals surface area contributed by atoms with Crippen LogP contribution in [-0.2, 0) is 0 Å². The van der Waals surface area contributed by atoms with E-state index in [1.807, 2.05) is 0 Å². The lowest BCUT2D eigenvalue weighted by molar-refractivity contribution is 0.435. The van der Waals surface area contributed by atoms with Crippen LogP contribution < -0.4 is 5.73 Å². The Balaban J connectivity index is 2.59. The fourth-order valence-corrected chi connectivity index (χ4v) is 1.89. The SMILES string of the molecule is Cc1ccc(-c2cc(N)no2)c(Br)c1F. The van der Waals surface area contributed by atoms with Crippen molar-refractivity contribution in [2.45, 2.75) is 6.92 Å². The number of aryl methyl sites for hydroxylation is 1. The first-order valence-electron chi connectivity index (χ1n) is 4.26. The minimum Gasteiger partial charge on any atom is -0.381 e. The van der Waals surface area contributed by atoms with E-state index >= 15 is 0 Å². The predicted octanol–water partition coefficient (Wildman–Crippen LogP) is 3.13. The Bertz CT molecular complexity index is 510. The van der Waals surface area contributed by atoms with Crippen molar-refractivity contribution < 1.29 is 8.91 Å². The van der Waals surface area contributed by atoms with Crippen LogP contribution in [0.5, 0.6) is 0 Å². The monoisotopic (exact) mass is 270 g/mol. The summed E-state index contributed by atoms with van der Waals surface area (Å²) in [7, 11) is 0. The molecule has 0 amide bonds. The summed E-state index contributed by atoms with van der Waals surface area (Å²) in [6.45, 7) is 1.69. The molecule has 3 nitrogen and oxygen atoms in total. The van der Waals surface area contributed by atoms with Crippen LogP contribution in [0.25, 0.3) is 11.3 Å². The average molecular weight is 271 g/mol.